The Balaban J connectivity index is 0.764. The summed E-state index contributed by atoms with van der Waals surface area (Å²) in [5.41, 5.74) is 6.06. The molecule has 4 aliphatic heterocycles. The summed E-state index contributed by atoms with van der Waals surface area (Å²) in [6.45, 7) is 2.47. The number of fused-ring (bicyclic) bond motifs is 4. The summed E-state index contributed by atoms with van der Waals surface area (Å²) < 4.78 is 7.84. The van der Waals surface area contributed by atoms with Crippen molar-refractivity contribution in [2.75, 3.05) is 29.9 Å². The zero-order chi connectivity index (χ0) is 33.2. The number of rotatable bonds is 9. The molecular weight excluding hydrogens is 624 g/mol. The van der Waals surface area contributed by atoms with Gasteiger partial charge in [0, 0.05) is 42.6 Å². The number of imide groups is 2. The summed E-state index contributed by atoms with van der Waals surface area (Å²) in [6.07, 6.45) is 11.7. The van der Waals surface area contributed by atoms with E-state index in [1.54, 1.807) is 18.2 Å². The van der Waals surface area contributed by atoms with Crippen molar-refractivity contribution in [2.45, 2.75) is 69.2 Å². The van der Waals surface area contributed by atoms with Gasteiger partial charge in [0.25, 0.3) is 11.8 Å². The minimum Gasteiger partial charge on any atom is -0.385 e. The number of carbonyl (C=O) groups excluding carboxylic acids is 4. The van der Waals surface area contributed by atoms with E-state index in [1.807, 2.05) is 12.4 Å². The number of nitrogens with zero attached hydrogens (tertiary/aromatic N) is 6. The number of ether oxygens (including phenoxy) is 1. The second-order valence-corrected chi connectivity index (χ2v) is 13.9. The molecule has 1 unspecified atom stereocenters. The van der Waals surface area contributed by atoms with Crippen molar-refractivity contribution in [3.63, 3.8) is 0 Å². The van der Waals surface area contributed by atoms with E-state index < -0.39 is 23.8 Å². The van der Waals surface area contributed by atoms with Crippen molar-refractivity contribution in [2.24, 2.45) is 5.92 Å². The molecule has 6 heterocycles. The quantitative estimate of drug-likeness (QED) is 0.201. The number of hydrogen-bond acceptors (Lipinski definition) is 10. The first-order valence-electron chi connectivity index (χ1n) is 17.2. The van der Waals surface area contributed by atoms with Crippen molar-refractivity contribution in [3.05, 3.63) is 66.1 Å². The van der Waals surface area contributed by atoms with Crippen molar-refractivity contribution >= 4 is 46.0 Å². The molecule has 49 heavy (non-hydrogen) atoms. The van der Waals surface area contributed by atoms with Crippen LogP contribution in [-0.4, -0.2) is 86.2 Å². The Labute approximate surface area is 282 Å². The Morgan fingerprint density at radius 3 is 2.63 bits per heavy atom. The van der Waals surface area contributed by atoms with Crippen LogP contribution >= 0.6 is 0 Å². The number of morpholine rings is 1. The van der Waals surface area contributed by atoms with Gasteiger partial charge in [-0.2, -0.15) is 5.10 Å². The van der Waals surface area contributed by atoms with Crippen molar-refractivity contribution in [3.8, 4) is 11.3 Å². The van der Waals surface area contributed by atoms with Gasteiger partial charge in [-0.1, -0.05) is 0 Å². The predicted molar refractivity (Wildman–Crippen MR) is 179 cm³/mol. The molecule has 4 aromatic rings. The number of aromatic nitrogens is 4. The summed E-state index contributed by atoms with van der Waals surface area (Å²) in [5, 5.41) is 10.3. The third-order valence-electron chi connectivity index (χ3n) is 10.8. The molecule has 3 atom stereocenters. The fraction of sp³-hybridized carbons (Fsp3) is 0.417. The fourth-order valence-electron chi connectivity index (χ4n) is 8.06. The van der Waals surface area contributed by atoms with E-state index in [0.29, 0.717) is 24.1 Å². The molecule has 13 nitrogen and oxygen atoms in total. The summed E-state index contributed by atoms with van der Waals surface area (Å²) >= 11 is 0. The van der Waals surface area contributed by atoms with Crippen molar-refractivity contribution < 1.29 is 23.9 Å². The average molecular weight is 661 g/mol. The number of nitrogens with one attached hydrogen (secondary N) is 2. The molecular formula is C36H36N8O5. The van der Waals surface area contributed by atoms with Gasteiger partial charge >= 0.3 is 0 Å². The zero-order valence-corrected chi connectivity index (χ0v) is 26.9. The topological polar surface area (TPSA) is 152 Å². The normalized spacial score (nSPS) is 26.0. The molecule has 2 aromatic heterocycles. The molecule has 2 aromatic carbocycles. The number of carbonyl (C=O) groups is 4. The first kappa shape index (κ1) is 29.9. The highest BCUT2D eigenvalue weighted by Gasteiger charge is 2.45. The van der Waals surface area contributed by atoms with E-state index >= 15 is 0 Å². The lowest BCUT2D eigenvalue weighted by Crippen LogP contribution is -2.54. The molecule has 4 fully saturated rings. The van der Waals surface area contributed by atoms with Crippen molar-refractivity contribution in [1.82, 2.24) is 30.0 Å². The van der Waals surface area contributed by atoms with Crippen LogP contribution in [0.2, 0.25) is 0 Å². The standard InChI is InChI=1S/C36H36N8O5/c45-33-8-7-32(34(46)41-33)44-35(47)27-5-3-22(12-28(27)36(44)48)37-9-1-2-20-10-24(11-20)43-17-21(15-39-43)31-16-38-29-6-4-23(14-30(29)40-31)42-18-26-13-25(42)19-49-26/h3-6,12,14-17,20,24-26,32,37H,1-2,7-11,13,18-19H2,(H,41,45,46)/t20?,24?,25-,26-,32?/m1/s1. The van der Waals surface area contributed by atoms with E-state index in [2.05, 4.69) is 54.7 Å². The van der Waals surface area contributed by atoms with Gasteiger partial charge in [0.1, 0.15) is 6.04 Å². The van der Waals surface area contributed by atoms with Crippen LogP contribution in [0.5, 0.6) is 0 Å². The Hall–Kier alpha value is -5.17. The van der Waals surface area contributed by atoms with Crippen LogP contribution < -0.4 is 15.5 Å². The molecule has 5 aliphatic rings. The molecule has 9 rings (SSSR count). The monoisotopic (exact) mass is 660 g/mol. The molecule has 0 spiro atoms. The maximum absolute atomic E-state index is 13.1. The SMILES string of the molecule is O=C1CCC(N2C(=O)c3ccc(NCCCC4CC(n5cc(-c6cnc7ccc(N8C[C@H]9C[C@@H]8CO9)cc7n6)cn5)C4)cc3C2=O)C(=O)N1. The minimum atomic E-state index is -0.965. The lowest BCUT2D eigenvalue weighted by atomic mass is 9.77. The number of amides is 4. The number of benzene rings is 2. The maximum atomic E-state index is 13.1. The van der Waals surface area contributed by atoms with E-state index in [4.69, 9.17) is 9.72 Å². The van der Waals surface area contributed by atoms with Crippen LogP contribution in [0.4, 0.5) is 11.4 Å². The Morgan fingerprint density at radius 1 is 0.939 bits per heavy atom. The number of piperidine rings is 1. The van der Waals surface area contributed by atoms with E-state index in [-0.39, 0.29) is 29.9 Å². The van der Waals surface area contributed by atoms with Crippen LogP contribution in [0.15, 0.2) is 55.0 Å². The van der Waals surface area contributed by atoms with Crippen molar-refractivity contribution in [1.29, 1.82) is 0 Å². The molecule has 250 valence electrons. The van der Waals surface area contributed by atoms with Gasteiger partial charge in [-0.15, -0.1) is 0 Å². The highest BCUT2D eigenvalue weighted by Crippen LogP contribution is 2.41. The Bertz CT molecular complexity index is 2020. The maximum Gasteiger partial charge on any atom is 0.262 e. The number of hydrogen-bond donors (Lipinski definition) is 2. The molecule has 1 saturated carbocycles. The van der Waals surface area contributed by atoms with E-state index in [9.17, 15) is 19.2 Å². The number of anilines is 2. The lowest BCUT2D eigenvalue weighted by Gasteiger charge is -2.35. The van der Waals surface area contributed by atoms with Crippen LogP contribution in [0.25, 0.3) is 22.3 Å². The Kier molecular flexibility index (Phi) is 7.18. The third kappa shape index (κ3) is 5.32. The Morgan fingerprint density at radius 2 is 1.82 bits per heavy atom. The largest absolute Gasteiger partial charge is 0.385 e. The van der Waals surface area contributed by atoms with Crippen LogP contribution in [0.3, 0.4) is 0 Å². The second kappa shape index (κ2) is 11.8. The minimum absolute atomic E-state index is 0.0966. The molecule has 4 amide bonds. The van der Waals surface area contributed by atoms with Gasteiger partial charge in [0.2, 0.25) is 11.8 Å². The molecule has 0 radical (unpaired) electrons. The second-order valence-electron chi connectivity index (χ2n) is 13.9. The molecule has 3 saturated heterocycles. The van der Waals surface area contributed by atoms with Gasteiger partial charge in [0.15, 0.2) is 0 Å². The summed E-state index contributed by atoms with van der Waals surface area (Å²) in [4.78, 5) is 63.0. The molecule has 13 heteroatoms. The van der Waals surface area contributed by atoms with E-state index in [0.717, 1.165) is 84.7 Å². The first-order valence-corrected chi connectivity index (χ1v) is 17.2. The molecule has 2 bridgehead atoms. The van der Waals surface area contributed by atoms with E-state index in [1.165, 1.54) is 5.69 Å². The van der Waals surface area contributed by atoms with Gasteiger partial charge in [-0.05, 0) is 80.8 Å². The van der Waals surface area contributed by atoms with Gasteiger partial charge in [-0.25, -0.2) is 4.98 Å². The summed E-state index contributed by atoms with van der Waals surface area (Å²) in [6, 6.07) is 11.3. The van der Waals surface area contributed by atoms with Crippen LogP contribution in [0, 0.1) is 5.92 Å². The fourth-order valence-corrected chi connectivity index (χ4v) is 8.06. The first-order chi connectivity index (χ1) is 23.9. The smallest absolute Gasteiger partial charge is 0.262 e. The molecule has 2 N–H and O–H groups in total. The summed E-state index contributed by atoms with van der Waals surface area (Å²) in [5.74, 6) is -1.38. The molecule has 1 aliphatic carbocycles. The average Bonchev–Trinajstić information content (AvgIpc) is 3.89. The van der Waals surface area contributed by atoms with Gasteiger partial charge in [0.05, 0.1) is 65.0 Å². The lowest BCUT2D eigenvalue weighted by molar-refractivity contribution is -0.136. The van der Waals surface area contributed by atoms with Crippen LogP contribution in [0.1, 0.15) is 71.7 Å². The highest BCUT2D eigenvalue weighted by atomic mass is 16.5. The van der Waals surface area contributed by atoms with Gasteiger partial charge in [-0.3, -0.25) is 39.1 Å². The predicted octanol–water partition coefficient (Wildman–Crippen LogP) is 3.72. The van der Waals surface area contributed by atoms with Gasteiger partial charge < -0.3 is 15.0 Å². The summed E-state index contributed by atoms with van der Waals surface area (Å²) in [7, 11) is 0. The van der Waals surface area contributed by atoms with Crippen LogP contribution in [-0.2, 0) is 14.3 Å². The zero-order valence-electron chi connectivity index (χ0n) is 26.9. The highest BCUT2D eigenvalue weighted by molar-refractivity contribution is 6.23. The third-order valence-corrected chi connectivity index (χ3v) is 10.8.